The van der Waals surface area contributed by atoms with Gasteiger partial charge < -0.3 is 5.11 Å². The molecule has 12 heavy (non-hydrogen) atoms. The van der Waals surface area contributed by atoms with Crippen molar-refractivity contribution in [2.45, 2.75) is 0 Å². The van der Waals surface area contributed by atoms with Gasteiger partial charge in [-0.05, 0) is 18.2 Å². The van der Waals surface area contributed by atoms with Crippen LogP contribution < -0.4 is 0 Å². The van der Waals surface area contributed by atoms with Gasteiger partial charge in [-0.15, -0.1) is 0 Å². The van der Waals surface area contributed by atoms with Gasteiger partial charge in [-0.2, -0.15) is 0 Å². The van der Waals surface area contributed by atoms with E-state index < -0.39 is 5.82 Å². The van der Waals surface area contributed by atoms with Gasteiger partial charge in [0.2, 0.25) is 0 Å². The lowest BCUT2D eigenvalue weighted by molar-refractivity contribution is 0.350. The van der Waals surface area contributed by atoms with Crippen molar-refractivity contribution in [1.82, 2.24) is 0 Å². The molecule has 0 amide bonds. The Kier molecular flexibility index (Phi) is 3.09. The second-order valence-corrected chi connectivity index (χ2v) is 2.52. The van der Waals surface area contributed by atoms with E-state index in [1.807, 2.05) is 0 Å². The molecule has 3 heteroatoms. The zero-order valence-electron chi connectivity index (χ0n) is 6.14. The highest BCUT2D eigenvalue weighted by atomic mass is 35.5. The molecule has 0 unspecified atom stereocenters. The summed E-state index contributed by atoms with van der Waals surface area (Å²) in [6.45, 7) is -0.286. The van der Waals surface area contributed by atoms with Gasteiger partial charge in [0.25, 0.3) is 0 Å². The van der Waals surface area contributed by atoms with E-state index in [9.17, 15) is 4.39 Å². The summed E-state index contributed by atoms with van der Waals surface area (Å²) in [5.74, 6) is 4.35. The molecule has 1 aromatic carbocycles. The Morgan fingerprint density at radius 3 is 2.92 bits per heavy atom. The topological polar surface area (TPSA) is 20.2 Å². The first-order chi connectivity index (χ1) is 5.74. The number of hydrogen-bond acceptors (Lipinski definition) is 1. The van der Waals surface area contributed by atoms with Crippen molar-refractivity contribution in [2.75, 3.05) is 6.61 Å². The van der Waals surface area contributed by atoms with Crippen LogP contribution in [0, 0.1) is 17.7 Å². The molecule has 0 saturated heterocycles. The molecule has 1 nitrogen and oxygen atoms in total. The molecule has 0 aliphatic rings. The van der Waals surface area contributed by atoms with Crippen molar-refractivity contribution >= 4 is 11.6 Å². The standard InChI is InChI=1S/C9H6ClFO/c10-8-3-4-9(11)7(6-8)2-1-5-12/h3-4,6,12H,5H2. The number of halogens is 2. The molecule has 0 bridgehead atoms. The summed E-state index contributed by atoms with van der Waals surface area (Å²) in [6, 6.07) is 4.10. The summed E-state index contributed by atoms with van der Waals surface area (Å²) in [5, 5.41) is 8.79. The molecule has 1 aromatic rings. The number of rotatable bonds is 0. The first kappa shape index (κ1) is 9.05. The number of hydrogen-bond donors (Lipinski definition) is 1. The predicted octanol–water partition coefficient (Wildman–Crippen LogP) is 1.82. The maximum atomic E-state index is 12.9. The van der Waals surface area contributed by atoms with Gasteiger partial charge in [-0.25, -0.2) is 4.39 Å². The van der Waals surface area contributed by atoms with Crippen LogP contribution in [0.4, 0.5) is 4.39 Å². The van der Waals surface area contributed by atoms with Crippen LogP contribution in [0.1, 0.15) is 5.56 Å². The van der Waals surface area contributed by atoms with Crippen molar-refractivity contribution < 1.29 is 9.50 Å². The Morgan fingerprint density at radius 1 is 1.50 bits per heavy atom. The summed E-state index contributed by atoms with van der Waals surface area (Å²) in [5.41, 5.74) is 0.205. The molecule has 0 aliphatic heterocycles. The van der Waals surface area contributed by atoms with Gasteiger partial charge in [-0.3, -0.25) is 0 Å². The third kappa shape index (κ3) is 2.23. The van der Waals surface area contributed by atoms with E-state index >= 15 is 0 Å². The normalized spacial score (nSPS) is 8.92. The molecule has 0 spiro atoms. The van der Waals surface area contributed by atoms with Crippen LogP contribution >= 0.6 is 11.6 Å². The van der Waals surface area contributed by atoms with E-state index in [2.05, 4.69) is 11.8 Å². The first-order valence-corrected chi connectivity index (χ1v) is 3.66. The number of aliphatic hydroxyl groups is 1. The Bertz CT molecular complexity index is 338. The van der Waals surface area contributed by atoms with Crippen LogP contribution in [0.15, 0.2) is 18.2 Å². The summed E-state index contributed by atoms with van der Waals surface area (Å²) in [4.78, 5) is 0. The molecule has 0 heterocycles. The molecule has 0 aliphatic carbocycles. The Morgan fingerprint density at radius 2 is 2.25 bits per heavy atom. The van der Waals surface area contributed by atoms with Crippen LogP contribution in [0.3, 0.4) is 0 Å². The van der Waals surface area contributed by atoms with E-state index in [-0.39, 0.29) is 12.2 Å². The average molecular weight is 185 g/mol. The lowest BCUT2D eigenvalue weighted by atomic mass is 10.2. The summed E-state index contributed by atoms with van der Waals surface area (Å²) in [6.07, 6.45) is 0. The van der Waals surface area contributed by atoms with Crippen molar-refractivity contribution in [1.29, 1.82) is 0 Å². The van der Waals surface area contributed by atoms with Crippen LogP contribution in [0.25, 0.3) is 0 Å². The fourth-order valence-corrected chi connectivity index (χ4v) is 0.900. The van der Waals surface area contributed by atoms with Crippen LogP contribution in [0.2, 0.25) is 5.02 Å². The van der Waals surface area contributed by atoms with Crippen LogP contribution in [0.5, 0.6) is 0 Å². The summed E-state index contributed by atoms with van der Waals surface area (Å²) >= 11 is 5.60. The van der Waals surface area contributed by atoms with Gasteiger partial charge in [0.15, 0.2) is 0 Å². The molecule has 1 N–H and O–H groups in total. The maximum absolute atomic E-state index is 12.9. The third-order valence-corrected chi connectivity index (χ3v) is 1.47. The van der Waals surface area contributed by atoms with Crippen molar-refractivity contribution in [3.8, 4) is 11.8 Å². The summed E-state index contributed by atoms with van der Waals surface area (Å²) in [7, 11) is 0. The molecule has 1 rings (SSSR count). The first-order valence-electron chi connectivity index (χ1n) is 3.29. The Labute approximate surface area is 74.8 Å². The van der Waals surface area contributed by atoms with E-state index in [4.69, 9.17) is 16.7 Å². The molecule has 0 radical (unpaired) electrons. The van der Waals surface area contributed by atoms with Crippen LogP contribution in [-0.4, -0.2) is 11.7 Å². The Hall–Kier alpha value is -1.04. The summed E-state index contributed by atoms with van der Waals surface area (Å²) < 4.78 is 12.9. The van der Waals surface area contributed by atoms with Crippen molar-refractivity contribution in [2.24, 2.45) is 0 Å². The second-order valence-electron chi connectivity index (χ2n) is 2.08. The zero-order chi connectivity index (χ0) is 8.97. The quantitative estimate of drug-likeness (QED) is 0.610. The average Bonchev–Trinajstić information content (AvgIpc) is 2.07. The molecular formula is C9H6ClFO. The highest BCUT2D eigenvalue weighted by molar-refractivity contribution is 6.30. The van der Waals surface area contributed by atoms with E-state index in [0.717, 1.165) is 0 Å². The van der Waals surface area contributed by atoms with Gasteiger partial charge in [0, 0.05) is 5.02 Å². The van der Waals surface area contributed by atoms with Crippen molar-refractivity contribution in [3.63, 3.8) is 0 Å². The smallest absolute Gasteiger partial charge is 0.138 e. The third-order valence-electron chi connectivity index (χ3n) is 1.23. The van der Waals surface area contributed by atoms with E-state index in [0.29, 0.717) is 5.02 Å². The zero-order valence-corrected chi connectivity index (χ0v) is 6.90. The fraction of sp³-hybridized carbons (Fsp3) is 0.111. The van der Waals surface area contributed by atoms with Crippen LogP contribution in [-0.2, 0) is 0 Å². The molecule has 62 valence electrons. The number of aliphatic hydroxyl groups excluding tert-OH is 1. The van der Waals surface area contributed by atoms with Gasteiger partial charge in [0.1, 0.15) is 12.4 Å². The molecule has 0 aromatic heterocycles. The molecule has 0 saturated carbocycles. The van der Waals surface area contributed by atoms with E-state index in [1.165, 1.54) is 18.2 Å². The highest BCUT2D eigenvalue weighted by Gasteiger charge is 1.98. The lowest BCUT2D eigenvalue weighted by Crippen LogP contribution is -1.83. The predicted molar refractivity (Wildman–Crippen MR) is 45.4 cm³/mol. The Balaban J connectivity index is 3.05. The molecule has 0 atom stereocenters. The monoisotopic (exact) mass is 184 g/mol. The largest absolute Gasteiger partial charge is 0.384 e. The minimum absolute atomic E-state index is 0.205. The van der Waals surface area contributed by atoms with E-state index in [1.54, 1.807) is 0 Å². The minimum atomic E-state index is -0.430. The minimum Gasteiger partial charge on any atom is -0.384 e. The molecule has 0 fully saturated rings. The highest BCUT2D eigenvalue weighted by Crippen LogP contribution is 2.13. The maximum Gasteiger partial charge on any atom is 0.138 e. The van der Waals surface area contributed by atoms with Gasteiger partial charge in [0.05, 0.1) is 5.56 Å². The number of benzene rings is 1. The SMILES string of the molecule is OCC#Cc1cc(Cl)ccc1F. The van der Waals surface area contributed by atoms with Crippen molar-refractivity contribution in [3.05, 3.63) is 34.6 Å². The van der Waals surface area contributed by atoms with Gasteiger partial charge in [-0.1, -0.05) is 23.4 Å². The second kappa shape index (κ2) is 4.10. The fourth-order valence-electron chi connectivity index (χ4n) is 0.728. The lowest BCUT2D eigenvalue weighted by Gasteiger charge is -1.93. The van der Waals surface area contributed by atoms with Gasteiger partial charge >= 0.3 is 0 Å². The molecular weight excluding hydrogens is 179 g/mol.